The Kier molecular flexibility index (Phi) is 6.89. The van der Waals surface area contributed by atoms with E-state index in [1.165, 1.54) is 5.56 Å². The molecule has 0 bridgehead atoms. The van der Waals surface area contributed by atoms with Crippen LogP contribution in [0.1, 0.15) is 39.7 Å². The molecule has 0 heterocycles. The molecule has 1 aromatic carbocycles. The van der Waals surface area contributed by atoms with Crippen molar-refractivity contribution in [1.82, 2.24) is 0 Å². The first-order valence-electron chi connectivity index (χ1n) is 7.08. The minimum atomic E-state index is 0.330. The van der Waals surface area contributed by atoms with Crippen molar-refractivity contribution in [2.24, 2.45) is 5.92 Å². The maximum Gasteiger partial charge on any atom is 0.122 e. The molecule has 104 valence electrons. The molecule has 0 saturated heterocycles. The number of rotatable bonds is 6. The Bertz CT molecular complexity index is 440. The van der Waals surface area contributed by atoms with Crippen LogP contribution in [0.5, 0.6) is 11.5 Å². The van der Waals surface area contributed by atoms with Gasteiger partial charge in [-0.15, -0.1) is 5.92 Å². The second-order valence-corrected chi connectivity index (χ2v) is 4.42. The fourth-order valence-electron chi connectivity index (χ4n) is 1.93. The van der Waals surface area contributed by atoms with Crippen LogP contribution in [0.3, 0.4) is 0 Å². The van der Waals surface area contributed by atoms with E-state index in [1.54, 1.807) is 0 Å². The van der Waals surface area contributed by atoms with E-state index in [0.717, 1.165) is 24.3 Å². The average molecular weight is 260 g/mol. The fraction of sp³-hybridized carbons (Fsp3) is 0.529. The summed E-state index contributed by atoms with van der Waals surface area (Å²) in [6.45, 7) is 9.56. The summed E-state index contributed by atoms with van der Waals surface area (Å²) in [4.78, 5) is 0. The van der Waals surface area contributed by atoms with Gasteiger partial charge in [-0.2, -0.15) is 0 Å². The molecule has 0 amide bonds. The topological polar surface area (TPSA) is 18.5 Å². The first-order chi connectivity index (χ1) is 9.21. The lowest BCUT2D eigenvalue weighted by Gasteiger charge is -2.13. The minimum absolute atomic E-state index is 0.330. The summed E-state index contributed by atoms with van der Waals surface area (Å²) in [6.07, 6.45) is 1.80. The minimum Gasteiger partial charge on any atom is -0.494 e. The highest BCUT2D eigenvalue weighted by atomic mass is 16.5. The zero-order valence-electron chi connectivity index (χ0n) is 12.5. The summed E-state index contributed by atoms with van der Waals surface area (Å²) in [6, 6.07) is 6.02. The molecule has 0 fully saturated rings. The van der Waals surface area contributed by atoms with Crippen molar-refractivity contribution in [3.05, 3.63) is 23.8 Å². The summed E-state index contributed by atoms with van der Waals surface area (Å²) >= 11 is 0. The predicted octanol–water partition coefficient (Wildman–Crippen LogP) is 4.08. The quantitative estimate of drug-likeness (QED) is 0.718. The van der Waals surface area contributed by atoms with Crippen LogP contribution in [-0.4, -0.2) is 13.2 Å². The monoisotopic (exact) mass is 260 g/mol. The first-order valence-corrected chi connectivity index (χ1v) is 7.08. The number of hydrogen-bond acceptors (Lipinski definition) is 2. The van der Waals surface area contributed by atoms with Crippen LogP contribution < -0.4 is 9.47 Å². The predicted molar refractivity (Wildman–Crippen MR) is 79.7 cm³/mol. The van der Waals surface area contributed by atoms with E-state index in [9.17, 15) is 0 Å². The molecule has 0 radical (unpaired) electrons. The van der Waals surface area contributed by atoms with Gasteiger partial charge in [-0.05, 0) is 44.0 Å². The Morgan fingerprint density at radius 1 is 1.11 bits per heavy atom. The maximum atomic E-state index is 5.67. The Balaban J connectivity index is 2.89. The van der Waals surface area contributed by atoms with Crippen LogP contribution in [0.25, 0.3) is 0 Å². The number of hydrogen-bond donors (Lipinski definition) is 0. The molecular weight excluding hydrogens is 236 g/mol. The third-order valence-corrected chi connectivity index (χ3v) is 2.69. The van der Waals surface area contributed by atoms with Crippen LogP contribution in [-0.2, 0) is 6.42 Å². The van der Waals surface area contributed by atoms with Gasteiger partial charge in [0.15, 0.2) is 0 Å². The Morgan fingerprint density at radius 3 is 2.47 bits per heavy atom. The van der Waals surface area contributed by atoms with E-state index in [4.69, 9.17) is 9.47 Å². The normalized spacial score (nSPS) is 11.4. The first kappa shape index (κ1) is 15.4. The average Bonchev–Trinajstić information content (AvgIpc) is 2.40. The Labute approximate surface area is 117 Å². The third kappa shape index (κ3) is 5.26. The van der Waals surface area contributed by atoms with Crippen LogP contribution >= 0.6 is 0 Å². The van der Waals surface area contributed by atoms with Gasteiger partial charge in [0.05, 0.1) is 13.2 Å². The largest absolute Gasteiger partial charge is 0.494 e. The van der Waals surface area contributed by atoms with Gasteiger partial charge in [-0.1, -0.05) is 19.8 Å². The molecule has 0 aliphatic carbocycles. The molecule has 1 atom stereocenters. The van der Waals surface area contributed by atoms with Gasteiger partial charge >= 0.3 is 0 Å². The van der Waals surface area contributed by atoms with Gasteiger partial charge in [0.25, 0.3) is 0 Å². The van der Waals surface area contributed by atoms with Gasteiger partial charge in [-0.3, -0.25) is 0 Å². The molecule has 0 aromatic heterocycles. The SMILES string of the molecule is CCC#CC(C)Cc1cc(OCC)ccc1OCC. The maximum absolute atomic E-state index is 5.67. The van der Waals surface area contributed by atoms with Gasteiger partial charge in [0.1, 0.15) is 11.5 Å². The Hall–Kier alpha value is -1.62. The summed E-state index contributed by atoms with van der Waals surface area (Å²) in [5, 5.41) is 0. The van der Waals surface area contributed by atoms with Crippen molar-refractivity contribution < 1.29 is 9.47 Å². The molecule has 0 spiro atoms. The molecule has 0 N–H and O–H groups in total. The number of benzene rings is 1. The molecular formula is C17H24O2. The molecule has 0 aliphatic rings. The third-order valence-electron chi connectivity index (χ3n) is 2.69. The summed E-state index contributed by atoms with van der Waals surface area (Å²) in [7, 11) is 0. The lowest BCUT2D eigenvalue weighted by molar-refractivity contribution is 0.326. The highest BCUT2D eigenvalue weighted by Gasteiger charge is 2.09. The lowest BCUT2D eigenvalue weighted by Crippen LogP contribution is -2.03. The van der Waals surface area contributed by atoms with Crippen molar-refractivity contribution in [3.63, 3.8) is 0 Å². The molecule has 0 aliphatic heterocycles. The van der Waals surface area contributed by atoms with Gasteiger partial charge in [0.2, 0.25) is 0 Å². The Morgan fingerprint density at radius 2 is 1.84 bits per heavy atom. The van der Waals surface area contributed by atoms with E-state index < -0.39 is 0 Å². The van der Waals surface area contributed by atoms with Gasteiger partial charge < -0.3 is 9.47 Å². The second kappa shape index (κ2) is 8.48. The van der Waals surface area contributed by atoms with E-state index in [-0.39, 0.29) is 0 Å². The van der Waals surface area contributed by atoms with E-state index in [2.05, 4.69) is 31.8 Å². The molecule has 2 nitrogen and oxygen atoms in total. The van der Waals surface area contributed by atoms with Crippen molar-refractivity contribution in [2.45, 2.75) is 40.5 Å². The van der Waals surface area contributed by atoms with Crippen LogP contribution in [0.4, 0.5) is 0 Å². The standard InChI is InChI=1S/C17H24O2/c1-5-8-9-14(4)12-15-13-16(18-6-2)10-11-17(15)19-7-3/h10-11,13-14H,5-7,12H2,1-4H3. The smallest absolute Gasteiger partial charge is 0.122 e. The number of ether oxygens (including phenoxy) is 2. The van der Waals surface area contributed by atoms with E-state index in [0.29, 0.717) is 19.1 Å². The lowest BCUT2D eigenvalue weighted by atomic mass is 10.0. The highest BCUT2D eigenvalue weighted by molar-refractivity contribution is 5.41. The summed E-state index contributed by atoms with van der Waals surface area (Å²) in [5.74, 6) is 8.56. The van der Waals surface area contributed by atoms with Crippen LogP contribution in [0.2, 0.25) is 0 Å². The molecule has 19 heavy (non-hydrogen) atoms. The fourth-order valence-corrected chi connectivity index (χ4v) is 1.93. The molecule has 0 saturated carbocycles. The zero-order chi connectivity index (χ0) is 14.1. The van der Waals surface area contributed by atoms with E-state index in [1.807, 2.05) is 26.0 Å². The molecule has 1 aromatic rings. The zero-order valence-corrected chi connectivity index (χ0v) is 12.5. The van der Waals surface area contributed by atoms with Crippen LogP contribution in [0, 0.1) is 17.8 Å². The van der Waals surface area contributed by atoms with E-state index >= 15 is 0 Å². The van der Waals surface area contributed by atoms with Crippen molar-refractivity contribution in [2.75, 3.05) is 13.2 Å². The van der Waals surface area contributed by atoms with Crippen molar-refractivity contribution in [1.29, 1.82) is 0 Å². The molecule has 1 unspecified atom stereocenters. The van der Waals surface area contributed by atoms with Crippen molar-refractivity contribution in [3.8, 4) is 23.3 Å². The molecule has 1 rings (SSSR count). The van der Waals surface area contributed by atoms with Crippen LogP contribution in [0.15, 0.2) is 18.2 Å². The second-order valence-electron chi connectivity index (χ2n) is 4.42. The van der Waals surface area contributed by atoms with Gasteiger partial charge in [-0.25, -0.2) is 0 Å². The summed E-state index contributed by atoms with van der Waals surface area (Å²) in [5.41, 5.74) is 1.17. The summed E-state index contributed by atoms with van der Waals surface area (Å²) < 4.78 is 11.2. The molecule has 2 heteroatoms. The highest BCUT2D eigenvalue weighted by Crippen LogP contribution is 2.26. The van der Waals surface area contributed by atoms with Gasteiger partial charge in [0, 0.05) is 12.3 Å². The van der Waals surface area contributed by atoms with Crippen molar-refractivity contribution >= 4 is 0 Å².